The van der Waals surface area contributed by atoms with Gasteiger partial charge in [-0.05, 0) is 49.4 Å². The SMILES string of the molecule is CC(C)CCCCCCCCCCCCCCCCCCCCC(=O)OC[C@H](COP(=O)(O)OCC(O)COP(=O)(O)OC[C@@H](COC(=O)CCCCCCCCCCC(C)C)OC(=O)CCCCCCCCCCC(C)C)OC(=O)CCCCCCCCCCCCCCCCCCC(C)C. The van der Waals surface area contributed by atoms with E-state index in [2.05, 4.69) is 55.4 Å². The Kier molecular flexibility index (Phi) is 70.6. The average Bonchev–Trinajstić information content (AvgIpc) is 0.904. The molecule has 0 fully saturated rings. The van der Waals surface area contributed by atoms with Crippen LogP contribution >= 0.6 is 15.6 Å². The van der Waals surface area contributed by atoms with Crippen molar-refractivity contribution >= 4 is 39.5 Å². The van der Waals surface area contributed by atoms with Crippen molar-refractivity contribution in [2.75, 3.05) is 39.6 Å². The number of carbonyl (C=O) groups is 4. The van der Waals surface area contributed by atoms with E-state index >= 15 is 0 Å². The van der Waals surface area contributed by atoms with E-state index < -0.39 is 97.5 Å². The Labute approximate surface area is 626 Å². The lowest BCUT2D eigenvalue weighted by Gasteiger charge is -2.21. The molecule has 0 bridgehead atoms. The van der Waals surface area contributed by atoms with Gasteiger partial charge in [-0.2, -0.15) is 0 Å². The van der Waals surface area contributed by atoms with E-state index in [4.69, 9.17) is 37.0 Å². The minimum atomic E-state index is -4.96. The lowest BCUT2D eigenvalue weighted by molar-refractivity contribution is -0.161. The van der Waals surface area contributed by atoms with E-state index in [1.54, 1.807) is 0 Å². The molecule has 0 aliphatic heterocycles. The first-order valence-corrected chi connectivity index (χ1v) is 45.7. The smallest absolute Gasteiger partial charge is 0.462 e. The predicted molar refractivity (Wildman–Crippen MR) is 418 cm³/mol. The summed E-state index contributed by atoms with van der Waals surface area (Å²) in [6.07, 6.45) is 59.9. The van der Waals surface area contributed by atoms with E-state index in [0.29, 0.717) is 25.7 Å². The van der Waals surface area contributed by atoms with Crippen LogP contribution in [-0.2, 0) is 65.4 Å². The number of ether oxygens (including phenoxy) is 4. The Balaban J connectivity index is 5.21. The van der Waals surface area contributed by atoms with Gasteiger partial charge in [0, 0.05) is 25.7 Å². The maximum Gasteiger partial charge on any atom is 0.472 e. The number of carbonyl (C=O) groups excluding carboxylic acids is 4. The summed E-state index contributed by atoms with van der Waals surface area (Å²) in [5.74, 6) is 0.962. The van der Waals surface area contributed by atoms with Crippen LogP contribution in [0, 0.1) is 23.7 Å². The molecule has 0 amide bonds. The second-order valence-electron chi connectivity index (χ2n) is 31.8. The molecule has 17 nitrogen and oxygen atoms in total. The van der Waals surface area contributed by atoms with Gasteiger partial charge in [-0.1, -0.05) is 376 Å². The molecule has 0 aliphatic rings. The van der Waals surface area contributed by atoms with Crippen LogP contribution in [0.25, 0.3) is 0 Å². The zero-order valence-corrected chi connectivity index (χ0v) is 69.0. The van der Waals surface area contributed by atoms with Crippen molar-refractivity contribution in [1.29, 1.82) is 0 Å². The quantitative estimate of drug-likeness (QED) is 0.0222. The van der Waals surface area contributed by atoms with Crippen LogP contribution in [0.3, 0.4) is 0 Å². The highest BCUT2D eigenvalue weighted by Crippen LogP contribution is 2.45. The lowest BCUT2D eigenvalue weighted by Crippen LogP contribution is -2.30. The molecule has 0 spiro atoms. The van der Waals surface area contributed by atoms with Gasteiger partial charge in [0.15, 0.2) is 12.2 Å². The van der Waals surface area contributed by atoms with Gasteiger partial charge in [0.1, 0.15) is 19.3 Å². The number of aliphatic hydroxyl groups excluding tert-OH is 1. The van der Waals surface area contributed by atoms with E-state index in [1.807, 2.05) is 0 Å². The van der Waals surface area contributed by atoms with Crippen LogP contribution in [0.4, 0.5) is 0 Å². The lowest BCUT2D eigenvalue weighted by atomic mass is 10.0. The van der Waals surface area contributed by atoms with Crippen LogP contribution in [0.1, 0.15) is 428 Å². The van der Waals surface area contributed by atoms with Gasteiger partial charge < -0.3 is 33.8 Å². The van der Waals surface area contributed by atoms with Crippen LogP contribution in [0.2, 0.25) is 0 Å². The standard InChI is InChI=1S/C83H162O17P2/c1-73(2)59-51-43-35-27-23-19-15-11-9-10-12-17-21-25-29-39-47-55-63-80(85)93-69-78(99-82(87)65-57-49-41-30-26-22-18-14-13-16-20-24-28-36-44-52-60-74(3)4)71-97-101(89,90)95-67-77(84)68-96-102(91,92)98-72-79(100-83(88)66-58-50-42-34-32-38-46-54-62-76(7)8)70-94-81(86)64-56-48-40-33-31-37-45-53-61-75(5)6/h73-79,84H,9-72H2,1-8H3,(H,89,90)(H,91,92)/t77?,78-,79-/m1/s1. The van der Waals surface area contributed by atoms with Gasteiger partial charge >= 0.3 is 39.5 Å². The summed E-state index contributed by atoms with van der Waals surface area (Å²) < 4.78 is 68.7. The summed E-state index contributed by atoms with van der Waals surface area (Å²) in [5.41, 5.74) is 0. The molecule has 0 rings (SSSR count). The van der Waals surface area contributed by atoms with Gasteiger partial charge in [0.25, 0.3) is 0 Å². The Morgan fingerprint density at radius 1 is 0.245 bits per heavy atom. The van der Waals surface area contributed by atoms with Crippen molar-refractivity contribution in [3.8, 4) is 0 Å². The Hall–Kier alpha value is -1.94. The van der Waals surface area contributed by atoms with E-state index in [0.717, 1.165) is 114 Å². The zero-order valence-electron chi connectivity index (χ0n) is 67.2. The van der Waals surface area contributed by atoms with Gasteiger partial charge in [-0.15, -0.1) is 0 Å². The predicted octanol–water partition coefficient (Wildman–Crippen LogP) is 24.8. The third kappa shape index (κ3) is 76.3. The number of phosphoric ester groups is 2. The van der Waals surface area contributed by atoms with Gasteiger partial charge in [0.05, 0.1) is 26.4 Å². The number of hydrogen-bond donors (Lipinski definition) is 3. The average molecular weight is 1490 g/mol. The first-order chi connectivity index (χ1) is 49.1. The highest BCUT2D eigenvalue weighted by atomic mass is 31.2. The molecule has 0 aromatic carbocycles. The largest absolute Gasteiger partial charge is 0.472 e. The maximum atomic E-state index is 13.1. The van der Waals surface area contributed by atoms with E-state index in [1.165, 1.54) is 231 Å². The fourth-order valence-corrected chi connectivity index (χ4v) is 14.4. The van der Waals surface area contributed by atoms with Crippen molar-refractivity contribution in [3.63, 3.8) is 0 Å². The molecule has 3 N–H and O–H groups in total. The van der Waals surface area contributed by atoms with Gasteiger partial charge in [-0.25, -0.2) is 9.13 Å². The first kappa shape index (κ1) is 100. The van der Waals surface area contributed by atoms with Crippen LogP contribution in [0.15, 0.2) is 0 Å². The number of unbranched alkanes of at least 4 members (excludes halogenated alkanes) is 46. The molecule has 0 saturated carbocycles. The number of rotatable bonds is 80. The molecule has 0 aliphatic carbocycles. The molecular weight excluding hydrogens is 1330 g/mol. The van der Waals surface area contributed by atoms with E-state index in [9.17, 15) is 43.2 Å². The molecule has 0 radical (unpaired) electrons. The number of hydrogen-bond acceptors (Lipinski definition) is 15. The van der Waals surface area contributed by atoms with Crippen molar-refractivity contribution in [3.05, 3.63) is 0 Å². The van der Waals surface area contributed by atoms with Crippen molar-refractivity contribution < 1.29 is 80.2 Å². The fourth-order valence-electron chi connectivity index (χ4n) is 12.8. The Bertz CT molecular complexity index is 1990. The monoisotopic (exact) mass is 1490 g/mol. The Morgan fingerprint density at radius 2 is 0.412 bits per heavy atom. The topological polar surface area (TPSA) is 237 Å². The molecule has 0 heterocycles. The summed E-state index contributed by atoms with van der Waals surface area (Å²) in [7, 11) is -9.92. The zero-order chi connectivity index (χ0) is 75.3. The molecule has 3 unspecified atom stereocenters. The molecular formula is C83H162O17P2. The molecule has 0 aromatic rings. The third-order valence-electron chi connectivity index (χ3n) is 19.3. The fraction of sp³-hybridized carbons (Fsp3) is 0.952. The molecule has 5 atom stereocenters. The first-order valence-electron chi connectivity index (χ1n) is 42.7. The van der Waals surface area contributed by atoms with Crippen LogP contribution in [-0.4, -0.2) is 96.7 Å². The molecule has 19 heteroatoms. The van der Waals surface area contributed by atoms with Gasteiger partial charge in [-0.3, -0.25) is 37.3 Å². The van der Waals surface area contributed by atoms with Crippen molar-refractivity contribution in [2.45, 2.75) is 446 Å². The normalized spacial score (nSPS) is 14.0. The van der Waals surface area contributed by atoms with Crippen molar-refractivity contribution in [1.82, 2.24) is 0 Å². The summed E-state index contributed by atoms with van der Waals surface area (Å²) >= 11 is 0. The molecule has 102 heavy (non-hydrogen) atoms. The summed E-state index contributed by atoms with van der Waals surface area (Å²) in [6, 6.07) is 0. The number of phosphoric acid groups is 2. The number of aliphatic hydroxyl groups is 1. The van der Waals surface area contributed by atoms with E-state index in [-0.39, 0.29) is 25.7 Å². The molecule has 606 valence electrons. The highest BCUT2D eigenvalue weighted by Gasteiger charge is 2.30. The van der Waals surface area contributed by atoms with Crippen LogP contribution in [0.5, 0.6) is 0 Å². The molecule has 0 saturated heterocycles. The Morgan fingerprint density at radius 3 is 0.608 bits per heavy atom. The maximum absolute atomic E-state index is 13.1. The molecule has 0 aromatic heterocycles. The minimum Gasteiger partial charge on any atom is -0.462 e. The second kappa shape index (κ2) is 72.0. The summed E-state index contributed by atoms with van der Waals surface area (Å²) in [5, 5.41) is 10.6. The summed E-state index contributed by atoms with van der Waals surface area (Å²) in [4.78, 5) is 73.0. The highest BCUT2D eigenvalue weighted by molar-refractivity contribution is 7.47. The third-order valence-corrected chi connectivity index (χ3v) is 21.2. The second-order valence-corrected chi connectivity index (χ2v) is 34.7. The summed E-state index contributed by atoms with van der Waals surface area (Å²) in [6.45, 7) is 14.2. The van der Waals surface area contributed by atoms with Crippen molar-refractivity contribution in [2.24, 2.45) is 23.7 Å². The van der Waals surface area contributed by atoms with Gasteiger partial charge in [0.2, 0.25) is 0 Å². The minimum absolute atomic E-state index is 0.104. The number of esters is 4. The van der Waals surface area contributed by atoms with Crippen LogP contribution < -0.4 is 0 Å².